The van der Waals surface area contributed by atoms with Crippen LogP contribution in [0, 0.1) is 9.49 Å². The molecule has 0 bridgehead atoms. The van der Waals surface area contributed by atoms with Gasteiger partial charge in [-0.05, 0) is 59.4 Å². The standard InChI is InChI=1S/C20H26INO4/c1-24-19(23)22-14-17(7-6-16-4-2-3-5-18(16)21)15-8-10-20(11-9-15)25-12-13-26-20/h2-5,8,17H,6-7,9-14H2,1H3,(H,22,23). The van der Waals surface area contributed by atoms with E-state index >= 15 is 0 Å². The Morgan fingerprint density at radius 3 is 2.77 bits per heavy atom. The SMILES string of the molecule is COC(=O)NCC(CCc1ccccc1I)C1=CCC2(CC1)OCCO2. The number of amides is 1. The van der Waals surface area contributed by atoms with Gasteiger partial charge in [-0.25, -0.2) is 4.79 Å². The molecule has 1 aromatic carbocycles. The minimum absolute atomic E-state index is 0.295. The first-order chi connectivity index (χ1) is 12.6. The third-order valence-corrected chi connectivity index (χ3v) is 6.26. The number of rotatable bonds is 6. The van der Waals surface area contributed by atoms with Crippen LogP contribution < -0.4 is 5.32 Å². The van der Waals surface area contributed by atoms with Gasteiger partial charge in [-0.1, -0.05) is 29.8 Å². The van der Waals surface area contributed by atoms with Crippen molar-refractivity contribution in [3.63, 3.8) is 0 Å². The van der Waals surface area contributed by atoms with Crippen LogP contribution in [0.2, 0.25) is 0 Å². The number of carbonyl (C=O) groups is 1. The number of ether oxygens (including phenoxy) is 3. The lowest BCUT2D eigenvalue weighted by Gasteiger charge is -2.33. The zero-order chi connectivity index (χ0) is 18.4. The highest BCUT2D eigenvalue weighted by molar-refractivity contribution is 14.1. The largest absolute Gasteiger partial charge is 0.453 e. The van der Waals surface area contributed by atoms with Crippen LogP contribution >= 0.6 is 22.6 Å². The van der Waals surface area contributed by atoms with Crippen LogP contribution in [-0.4, -0.2) is 38.7 Å². The fourth-order valence-corrected chi connectivity index (χ4v) is 4.34. The summed E-state index contributed by atoms with van der Waals surface area (Å²) in [4.78, 5) is 11.5. The summed E-state index contributed by atoms with van der Waals surface area (Å²) in [6.45, 7) is 1.96. The van der Waals surface area contributed by atoms with E-state index in [-0.39, 0.29) is 6.09 Å². The van der Waals surface area contributed by atoms with Crippen LogP contribution in [0.5, 0.6) is 0 Å². The van der Waals surface area contributed by atoms with Gasteiger partial charge in [-0.15, -0.1) is 0 Å². The van der Waals surface area contributed by atoms with Crippen LogP contribution in [-0.2, 0) is 20.6 Å². The van der Waals surface area contributed by atoms with Crippen LogP contribution in [0.3, 0.4) is 0 Å². The fraction of sp³-hybridized carbons (Fsp3) is 0.550. The molecule has 5 nitrogen and oxygen atoms in total. The Hall–Kier alpha value is -1.12. The summed E-state index contributed by atoms with van der Waals surface area (Å²) >= 11 is 2.38. The quantitative estimate of drug-likeness (QED) is 0.503. The molecule has 1 spiro atoms. The summed E-state index contributed by atoms with van der Waals surface area (Å²) in [5.41, 5.74) is 2.74. The molecule has 6 heteroatoms. The van der Waals surface area contributed by atoms with Crippen LogP contribution in [0.1, 0.15) is 31.2 Å². The molecular weight excluding hydrogens is 445 g/mol. The Morgan fingerprint density at radius 1 is 1.35 bits per heavy atom. The molecule has 1 N–H and O–H groups in total. The molecule has 0 saturated carbocycles. The Morgan fingerprint density at radius 2 is 2.12 bits per heavy atom. The normalized spacial score (nSPS) is 19.8. The van der Waals surface area contributed by atoms with E-state index in [9.17, 15) is 4.79 Å². The smallest absolute Gasteiger partial charge is 0.406 e. The predicted octanol–water partition coefficient (Wildman–Crippen LogP) is 4.05. The molecule has 3 rings (SSSR count). The van der Waals surface area contributed by atoms with Gasteiger partial charge in [0.15, 0.2) is 5.79 Å². The molecule has 1 atom stereocenters. The van der Waals surface area contributed by atoms with Gasteiger partial charge in [-0.3, -0.25) is 0 Å². The van der Waals surface area contributed by atoms with Crippen molar-refractivity contribution < 1.29 is 19.0 Å². The molecular formula is C20H26INO4. The second kappa shape index (κ2) is 9.19. The Labute approximate surface area is 168 Å². The van der Waals surface area contributed by atoms with E-state index in [0.29, 0.717) is 25.7 Å². The van der Waals surface area contributed by atoms with E-state index in [1.165, 1.54) is 21.8 Å². The lowest BCUT2D eigenvalue weighted by atomic mass is 9.83. The topological polar surface area (TPSA) is 56.8 Å². The third kappa shape index (κ3) is 4.98. The van der Waals surface area contributed by atoms with Gasteiger partial charge < -0.3 is 19.5 Å². The maximum absolute atomic E-state index is 11.5. The van der Waals surface area contributed by atoms with Crippen molar-refractivity contribution >= 4 is 28.7 Å². The first-order valence-electron chi connectivity index (χ1n) is 9.14. The Bertz CT molecular complexity index is 655. The van der Waals surface area contributed by atoms with Crippen molar-refractivity contribution in [2.45, 2.75) is 37.9 Å². The average molecular weight is 471 g/mol. The lowest BCUT2D eigenvalue weighted by molar-refractivity contribution is -0.161. The van der Waals surface area contributed by atoms with E-state index in [1.807, 2.05) is 0 Å². The zero-order valence-electron chi connectivity index (χ0n) is 15.1. The zero-order valence-corrected chi connectivity index (χ0v) is 17.3. The van der Waals surface area contributed by atoms with Crippen LogP contribution in [0.4, 0.5) is 4.79 Å². The molecule has 0 aromatic heterocycles. The predicted molar refractivity (Wildman–Crippen MR) is 108 cm³/mol. The number of benzene rings is 1. The van der Waals surface area contributed by atoms with Crippen LogP contribution in [0.15, 0.2) is 35.9 Å². The van der Waals surface area contributed by atoms with E-state index < -0.39 is 5.79 Å². The Kier molecular flexibility index (Phi) is 6.94. The van der Waals surface area contributed by atoms with Crippen molar-refractivity contribution in [1.29, 1.82) is 0 Å². The van der Waals surface area contributed by atoms with Gasteiger partial charge in [0.1, 0.15) is 0 Å². The van der Waals surface area contributed by atoms with Gasteiger partial charge in [-0.2, -0.15) is 0 Å². The molecule has 1 fully saturated rings. The van der Waals surface area contributed by atoms with E-state index in [1.54, 1.807) is 0 Å². The highest BCUT2D eigenvalue weighted by Gasteiger charge is 2.38. The van der Waals surface area contributed by atoms with Crippen molar-refractivity contribution in [3.8, 4) is 0 Å². The number of halogens is 1. The lowest BCUT2D eigenvalue weighted by Crippen LogP contribution is -2.35. The van der Waals surface area contributed by atoms with Gasteiger partial charge in [0.05, 0.1) is 20.3 Å². The molecule has 1 aliphatic heterocycles. The first-order valence-corrected chi connectivity index (χ1v) is 10.2. The first kappa shape index (κ1) is 19.6. The van der Waals surface area contributed by atoms with E-state index in [4.69, 9.17) is 14.2 Å². The summed E-state index contributed by atoms with van der Waals surface area (Å²) in [5, 5.41) is 2.88. The molecule has 1 unspecified atom stereocenters. The number of hydrogen-bond donors (Lipinski definition) is 1. The second-order valence-corrected chi connectivity index (χ2v) is 7.95. The Balaban J connectivity index is 1.65. The van der Waals surface area contributed by atoms with Crippen molar-refractivity contribution in [2.75, 3.05) is 26.9 Å². The summed E-state index contributed by atoms with van der Waals surface area (Å²) in [7, 11) is 1.40. The number of alkyl carbamates (subject to hydrolysis) is 1. The molecule has 142 valence electrons. The van der Waals surface area contributed by atoms with E-state index in [0.717, 1.165) is 32.1 Å². The summed E-state index contributed by atoms with van der Waals surface area (Å²) in [6, 6.07) is 8.46. The van der Waals surface area contributed by atoms with Crippen molar-refractivity contribution in [2.24, 2.45) is 5.92 Å². The number of aryl methyl sites for hydroxylation is 1. The monoisotopic (exact) mass is 471 g/mol. The molecule has 1 saturated heterocycles. The molecule has 1 amide bonds. The number of methoxy groups -OCH3 is 1. The van der Waals surface area contributed by atoms with Gasteiger partial charge >= 0.3 is 6.09 Å². The minimum atomic E-state index is -0.404. The maximum Gasteiger partial charge on any atom is 0.406 e. The maximum atomic E-state index is 11.5. The van der Waals surface area contributed by atoms with E-state index in [2.05, 4.69) is 58.2 Å². The molecule has 2 aliphatic rings. The molecule has 26 heavy (non-hydrogen) atoms. The fourth-order valence-electron chi connectivity index (χ4n) is 3.68. The highest BCUT2D eigenvalue weighted by Crippen LogP contribution is 2.38. The van der Waals surface area contributed by atoms with Gasteiger partial charge in [0, 0.05) is 23.0 Å². The minimum Gasteiger partial charge on any atom is -0.453 e. The molecule has 1 aromatic rings. The third-order valence-electron chi connectivity index (χ3n) is 5.21. The van der Waals surface area contributed by atoms with Crippen molar-refractivity contribution in [3.05, 3.63) is 45.0 Å². The average Bonchev–Trinajstić information content (AvgIpc) is 3.12. The molecule has 1 aliphatic carbocycles. The molecule has 0 radical (unpaired) electrons. The summed E-state index contributed by atoms with van der Waals surface area (Å²) in [6.07, 6.45) is 6.48. The highest BCUT2D eigenvalue weighted by atomic mass is 127. The van der Waals surface area contributed by atoms with Gasteiger partial charge in [0.2, 0.25) is 0 Å². The molecule has 1 heterocycles. The number of nitrogens with one attached hydrogen (secondary N) is 1. The summed E-state index contributed by atoms with van der Waals surface area (Å²) in [5.74, 6) is -0.109. The second-order valence-electron chi connectivity index (χ2n) is 6.79. The van der Waals surface area contributed by atoms with Gasteiger partial charge in [0.25, 0.3) is 0 Å². The van der Waals surface area contributed by atoms with Crippen molar-refractivity contribution in [1.82, 2.24) is 5.32 Å². The number of carbonyl (C=O) groups excluding carboxylic acids is 1. The number of hydrogen-bond acceptors (Lipinski definition) is 4. The van der Waals surface area contributed by atoms with Crippen LogP contribution in [0.25, 0.3) is 0 Å². The summed E-state index contributed by atoms with van der Waals surface area (Å²) < 4.78 is 17.6.